The number of hydrogen-bond acceptors (Lipinski definition) is 1. The maximum Gasteiger partial charge on any atom is 0.0604 e. The molecule has 0 radical (unpaired) electrons. The lowest BCUT2D eigenvalue weighted by molar-refractivity contribution is -0.0795. The van der Waals surface area contributed by atoms with Crippen molar-refractivity contribution in [2.45, 2.75) is 111 Å². The van der Waals surface area contributed by atoms with E-state index in [0.29, 0.717) is 16.2 Å². The van der Waals surface area contributed by atoms with E-state index in [2.05, 4.69) is 34.6 Å². The number of aliphatic hydroxyl groups excluding tert-OH is 1. The molecule has 1 heteroatoms. The average molecular weight is 387 g/mol. The van der Waals surface area contributed by atoms with Gasteiger partial charge in [0.15, 0.2) is 0 Å². The van der Waals surface area contributed by atoms with Crippen molar-refractivity contribution >= 4 is 0 Å². The van der Waals surface area contributed by atoms with Crippen LogP contribution in [0, 0.1) is 57.7 Å². The highest BCUT2D eigenvalue weighted by atomic mass is 16.3. The van der Waals surface area contributed by atoms with Crippen molar-refractivity contribution in [1.82, 2.24) is 0 Å². The Morgan fingerprint density at radius 2 is 1.68 bits per heavy atom. The monoisotopic (exact) mass is 386 g/mol. The van der Waals surface area contributed by atoms with Gasteiger partial charge in [0.1, 0.15) is 0 Å². The summed E-state index contributed by atoms with van der Waals surface area (Å²) >= 11 is 0. The minimum Gasteiger partial charge on any atom is -0.393 e. The summed E-state index contributed by atoms with van der Waals surface area (Å²) in [6.07, 6.45) is 15.4. The van der Waals surface area contributed by atoms with Crippen LogP contribution in [0.5, 0.6) is 0 Å². The van der Waals surface area contributed by atoms with Crippen molar-refractivity contribution in [3.05, 3.63) is 0 Å². The molecule has 28 heavy (non-hydrogen) atoms. The molecule has 1 nitrogen and oxygen atoms in total. The van der Waals surface area contributed by atoms with Crippen molar-refractivity contribution in [2.75, 3.05) is 0 Å². The number of rotatable bonds is 5. The molecule has 5 rings (SSSR count). The van der Waals surface area contributed by atoms with Crippen molar-refractivity contribution in [3.8, 4) is 0 Å². The quantitative estimate of drug-likeness (QED) is 0.535. The third kappa shape index (κ3) is 2.41. The number of hydrogen-bond donors (Lipinski definition) is 1. The van der Waals surface area contributed by atoms with Crippen molar-refractivity contribution in [2.24, 2.45) is 57.7 Å². The second-order valence-corrected chi connectivity index (χ2v) is 13.0. The summed E-state index contributed by atoms with van der Waals surface area (Å²) < 4.78 is 0. The lowest BCUT2D eigenvalue weighted by Crippen LogP contribution is -2.48. The third-order valence-corrected chi connectivity index (χ3v) is 11.7. The minimum atomic E-state index is 0.0141. The van der Waals surface area contributed by atoms with Gasteiger partial charge in [-0.25, -0.2) is 0 Å². The van der Waals surface area contributed by atoms with Crippen LogP contribution in [0.1, 0.15) is 105 Å². The topological polar surface area (TPSA) is 20.2 Å². The van der Waals surface area contributed by atoms with Gasteiger partial charge in [0, 0.05) is 5.41 Å². The second kappa shape index (κ2) is 6.48. The van der Waals surface area contributed by atoms with Gasteiger partial charge in [-0.15, -0.1) is 0 Å². The van der Waals surface area contributed by atoms with Crippen LogP contribution in [0.15, 0.2) is 0 Å². The van der Waals surface area contributed by atoms with Gasteiger partial charge < -0.3 is 5.11 Å². The Balaban J connectivity index is 1.36. The molecule has 0 bridgehead atoms. The molecule has 10 atom stereocenters. The van der Waals surface area contributed by atoms with Gasteiger partial charge in [0.2, 0.25) is 0 Å². The fraction of sp³-hybridized carbons (Fsp3) is 1.00. The van der Waals surface area contributed by atoms with E-state index in [4.69, 9.17) is 0 Å². The van der Waals surface area contributed by atoms with Crippen LogP contribution >= 0.6 is 0 Å². The van der Waals surface area contributed by atoms with E-state index in [1.54, 1.807) is 0 Å². The molecule has 1 N–H and O–H groups in total. The number of fused-ring (bicyclic) bond motifs is 5. The molecule has 5 aliphatic carbocycles. The largest absolute Gasteiger partial charge is 0.393 e. The molecule has 0 aromatic rings. The first-order chi connectivity index (χ1) is 13.3. The van der Waals surface area contributed by atoms with Crippen molar-refractivity contribution < 1.29 is 5.11 Å². The standard InChI is InChI=1S/C27H46O/c1-17(2)8-6-9-18(3)19-11-12-20-24-21(13-15-25(19,20)4)26(5)14-7-10-23(28)27(26)16-22(24)27/h17-24,28H,6-16H2,1-5H3. The SMILES string of the molecule is CC(C)CCCC(C)C1CCC2C3C(CCC12C)C1(C)CCCC(O)C12CC32. The zero-order valence-electron chi connectivity index (χ0n) is 19.3. The van der Waals surface area contributed by atoms with Gasteiger partial charge in [-0.1, -0.05) is 60.3 Å². The van der Waals surface area contributed by atoms with Gasteiger partial charge in [-0.2, -0.15) is 0 Å². The Bertz CT molecular complexity index is 611. The zero-order valence-corrected chi connectivity index (χ0v) is 19.3. The molecule has 5 aliphatic rings. The summed E-state index contributed by atoms with van der Waals surface area (Å²) in [6, 6.07) is 0. The van der Waals surface area contributed by atoms with Crippen LogP contribution in [0.3, 0.4) is 0 Å². The summed E-state index contributed by atoms with van der Waals surface area (Å²) in [6.45, 7) is 12.7. The molecule has 0 aromatic heterocycles. The summed E-state index contributed by atoms with van der Waals surface area (Å²) in [4.78, 5) is 0. The molecule has 0 aliphatic heterocycles. The van der Waals surface area contributed by atoms with E-state index >= 15 is 0 Å². The van der Waals surface area contributed by atoms with Crippen LogP contribution < -0.4 is 0 Å². The van der Waals surface area contributed by atoms with E-state index in [1.807, 2.05) is 0 Å². The summed E-state index contributed by atoms with van der Waals surface area (Å²) in [5.74, 6) is 6.43. The Hall–Kier alpha value is -0.0400. The average Bonchev–Trinajstić information content (AvgIpc) is 3.21. The lowest BCUT2D eigenvalue weighted by Gasteiger charge is -2.54. The fourth-order valence-electron chi connectivity index (χ4n) is 10.4. The van der Waals surface area contributed by atoms with Gasteiger partial charge >= 0.3 is 0 Å². The third-order valence-electron chi connectivity index (χ3n) is 11.7. The summed E-state index contributed by atoms with van der Waals surface area (Å²) in [7, 11) is 0. The molecule has 0 aromatic carbocycles. The highest BCUT2D eigenvalue weighted by Crippen LogP contribution is 2.85. The summed E-state index contributed by atoms with van der Waals surface area (Å²) in [5, 5.41) is 11.1. The van der Waals surface area contributed by atoms with Crippen molar-refractivity contribution in [1.29, 1.82) is 0 Å². The Kier molecular flexibility index (Phi) is 4.60. The molecular formula is C27H46O. The van der Waals surface area contributed by atoms with Crippen LogP contribution in [0.4, 0.5) is 0 Å². The molecule has 5 saturated carbocycles. The fourth-order valence-corrected chi connectivity index (χ4v) is 10.4. The first-order valence-corrected chi connectivity index (χ1v) is 12.9. The van der Waals surface area contributed by atoms with Gasteiger partial charge in [0.25, 0.3) is 0 Å². The van der Waals surface area contributed by atoms with Gasteiger partial charge in [-0.05, 0) is 97.2 Å². The maximum absolute atomic E-state index is 11.1. The van der Waals surface area contributed by atoms with Crippen LogP contribution in [0.2, 0.25) is 0 Å². The molecule has 5 fully saturated rings. The van der Waals surface area contributed by atoms with Crippen LogP contribution in [-0.2, 0) is 0 Å². The van der Waals surface area contributed by atoms with E-state index in [9.17, 15) is 5.11 Å². The molecule has 160 valence electrons. The number of aliphatic hydroxyl groups is 1. The maximum atomic E-state index is 11.1. The molecule has 0 saturated heterocycles. The molecular weight excluding hydrogens is 340 g/mol. The smallest absolute Gasteiger partial charge is 0.0604 e. The van der Waals surface area contributed by atoms with E-state index in [0.717, 1.165) is 47.8 Å². The minimum absolute atomic E-state index is 0.0141. The predicted molar refractivity (Wildman–Crippen MR) is 117 cm³/mol. The van der Waals surface area contributed by atoms with E-state index in [1.165, 1.54) is 64.2 Å². The van der Waals surface area contributed by atoms with Crippen molar-refractivity contribution in [3.63, 3.8) is 0 Å². The highest BCUT2D eigenvalue weighted by molar-refractivity contribution is 5.29. The molecule has 1 spiro atoms. The second-order valence-electron chi connectivity index (χ2n) is 13.0. The molecule has 0 heterocycles. The first-order valence-electron chi connectivity index (χ1n) is 12.9. The Morgan fingerprint density at radius 1 is 0.893 bits per heavy atom. The Morgan fingerprint density at radius 3 is 2.43 bits per heavy atom. The lowest BCUT2D eigenvalue weighted by atomic mass is 9.51. The van der Waals surface area contributed by atoms with Crippen LogP contribution in [0.25, 0.3) is 0 Å². The van der Waals surface area contributed by atoms with Gasteiger partial charge in [-0.3, -0.25) is 0 Å². The summed E-state index contributed by atoms with van der Waals surface area (Å²) in [5.41, 5.74) is 1.39. The zero-order chi connectivity index (χ0) is 19.9. The highest BCUT2D eigenvalue weighted by Gasteiger charge is 2.81. The van der Waals surface area contributed by atoms with E-state index in [-0.39, 0.29) is 6.10 Å². The normalized spacial score (nSPS) is 55.4. The van der Waals surface area contributed by atoms with Crippen LogP contribution in [-0.4, -0.2) is 11.2 Å². The molecule has 0 amide bonds. The molecule has 10 unspecified atom stereocenters. The Labute approximate surface area is 174 Å². The van der Waals surface area contributed by atoms with E-state index < -0.39 is 0 Å². The predicted octanol–water partition coefficient (Wildman–Crippen LogP) is 7.08. The first kappa shape index (κ1) is 19.9. The van der Waals surface area contributed by atoms with Gasteiger partial charge in [0.05, 0.1) is 6.10 Å².